The molecule has 0 heterocycles. The highest BCUT2D eigenvalue weighted by Crippen LogP contribution is 2.31. The Bertz CT molecular complexity index is 630. The molecule has 0 radical (unpaired) electrons. The maximum Gasteiger partial charge on any atom is 0.416 e. The molecule has 0 fully saturated rings. The van der Waals surface area contributed by atoms with Crippen LogP contribution in [0.2, 0.25) is 0 Å². The predicted octanol–water partition coefficient (Wildman–Crippen LogP) is 5.43. The molecular weight excluding hydrogens is 333 g/mol. The third-order valence-electron chi connectivity index (χ3n) is 3.61. The molecule has 3 nitrogen and oxygen atoms in total. The van der Waals surface area contributed by atoms with Gasteiger partial charge in [0.1, 0.15) is 23.4 Å². The Balaban J connectivity index is 1.98. The Kier molecular flexibility index (Phi) is 6.70. The van der Waals surface area contributed by atoms with Crippen molar-refractivity contribution in [1.82, 2.24) is 0 Å². The number of ether oxygens (including phenoxy) is 2. The molecule has 1 N–H and O–H groups in total. The lowest BCUT2D eigenvalue weighted by Crippen LogP contribution is -2.17. The van der Waals surface area contributed by atoms with Crippen LogP contribution < -0.4 is 9.47 Å². The van der Waals surface area contributed by atoms with Crippen molar-refractivity contribution in [2.75, 3.05) is 6.61 Å². The Hall–Kier alpha value is -2.21. The second-order valence-corrected chi connectivity index (χ2v) is 5.64. The maximum atomic E-state index is 12.5. The summed E-state index contributed by atoms with van der Waals surface area (Å²) >= 11 is 0. The van der Waals surface area contributed by atoms with E-state index in [1.807, 2.05) is 0 Å². The second kappa shape index (κ2) is 8.76. The monoisotopic (exact) mass is 354 g/mol. The van der Waals surface area contributed by atoms with Crippen LogP contribution in [0.5, 0.6) is 17.2 Å². The number of hydrogen-bond donors (Lipinski definition) is 1. The number of hydrogen-bond acceptors (Lipinski definition) is 3. The average Bonchev–Trinajstić information content (AvgIpc) is 2.57. The van der Waals surface area contributed by atoms with Gasteiger partial charge in [-0.15, -0.1) is 0 Å². The van der Waals surface area contributed by atoms with E-state index in [1.165, 1.54) is 12.1 Å². The first-order chi connectivity index (χ1) is 11.9. The zero-order valence-corrected chi connectivity index (χ0v) is 13.9. The molecule has 0 aliphatic carbocycles. The lowest BCUT2D eigenvalue weighted by molar-refractivity contribution is -0.137. The van der Waals surface area contributed by atoms with E-state index >= 15 is 0 Å². The van der Waals surface area contributed by atoms with Crippen molar-refractivity contribution in [2.24, 2.45) is 0 Å². The Morgan fingerprint density at radius 3 is 1.88 bits per heavy atom. The zero-order valence-electron chi connectivity index (χ0n) is 13.9. The number of rotatable bonds is 8. The van der Waals surface area contributed by atoms with Crippen molar-refractivity contribution in [3.05, 3.63) is 54.1 Å². The van der Waals surface area contributed by atoms with E-state index in [4.69, 9.17) is 14.6 Å². The van der Waals surface area contributed by atoms with Crippen LogP contribution in [0.15, 0.2) is 48.5 Å². The first-order valence-electron chi connectivity index (χ1n) is 8.15. The molecule has 2 rings (SSSR count). The van der Waals surface area contributed by atoms with Gasteiger partial charge in [-0.3, -0.25) is 0 Å². The van der Waals surface area contributed by atoms with Crippen LogP contribution in [-0.2, 0) is 6.18 Å². The van der Waals surface area contributed by atoms with Crippen LogP contribution >= 0.6 is 0 Å². The zero-order chi connectivity index (χ0) is 18.3. The molecular formula is C19H21F3O3. The highest BCUT2D eigenvalue weighted by molar-refractivity contribution is 5.36. The molecule has 0 aliphatic rings. The van der Waals surface area contributed by atoms with Crippen LogP contribution in [-0.4, -0.2) is 17.8 Å². The van der Waals surface area contributed by atoms with Gasteiger partial charge in [0.05, 0.1) is 5.56 Å². The van der Waals surface area contributed by atoms with Gasteiger partial charge in [-0.1, -0.05) is 13.3 Å². The van der Waals surface area contributed by atoms with Crippen LogP contribution in [0, 0.1) is 0 Å². The minimum Gasteiger partial charge on any atom is -0.490 e. The van der Waals surface area contributed by atoms with Gasteiger partial charge < -0.3 is 14.6 Å². The summed E-state index contributed by atoms with van der Waals surface area (Å²) < 4.78 is 49.0. The molecule has 0 saturated heterocycles. The topological polar surface area (TPSA) is 38.7 Å². The maximum absolute atomic E-state index is 12.5. The van der Waals surface area contributed by atoms with Crippen LogP contribution in [0.3, 0.4) is 0 Å². The third kappa shape index (κ3) is 5.98. The molecule has 0 saturated carbocycles. The summed E-state index contributed by atoms with van der Waals surface area (Å²) in [5.74, 6) is 1.48. The van der Waals surface area contributed by atoms with Gasteiger partial charge in [-0.25, -0.2) is 0 Å². The summed E-state index contributed by atoms with van der Waals surface area (Å²) in [5.41, 5.74) is -0.713. The molecule has 2 aromatic carbocycles. The van der Waals surface area contributed by atoms with Gasteiger partial charge in [-0.05, 0) is 55.0 Å². The summed E-state index contributed by atoms with van der Waals surface area (Å²) in [7, 11) is 0. The van der Waals surface area contributed by atoms with Crippen molar-refractivity contribution in [3.8, 4) is 17.2 Å². The van der Waals surface area contributed by atoms with Crippen molar-refractivity contribution < 1.29 is 27.8 Å². The number of aliphatic hydroxyl groups is 1. The van der Waals surface area contributed by atoms with E-state index < -0.39 is 11.7 Å². The van der Waals surface area contributed by atoms with Crippen molar-refractivity contribution >= 4 is 0 Å². The molecule has 0 aliphatic heterocycles. The first-order valence-corrected chi connectivity index (χ1v) is 8.15. The summed E-state index contributed by atoms with van der Waals surface area (Å²) in [6, 6.07) is 11.4. The van der Waals surface area contributed by atoms with Crippen LogP contribution in [0.4, 0.5) is 13.2 Å². The van der Waals surface area contributed by atoms with Crippen LogP contribution in [0.25, 0.3) is 0 Å². The quantitative estimate of drug-likeness (QED) is 0.687. The minimum absolute atomic E-state index is 0.0447. The van der Waals surface area contributed by atoms with E-state index in [9.17, 15) is 13.2 Å². The van der Waals surface area contributed by atoms with E-state index in [2.05, 4.69) is 6.92 Å². The summed E-state index contributed by atoms with van der Waals surface area (Å²) in [6.45, 7) is 2.12. The molecule has 136 valence electrons. The number of aliphatic hydroxyl groups excluding tert-OH is 1. The first kappa shape index (κ1) is 19.1. The molecule has 1 atom stereocenters. The van der Waals surface area contributed by atoms with Crippen molar-refractivity contribution in [1.29, 1.82) is 0 Å². The summed E-state index contributed by atoms with van der Waals surface area (Å²) in [6.07, 6.45) is -2.03. The molecule has 2 aromatic rings. The van der Waals surface area contributed by atoms with E-state index in [0.717, 1.165) is 25.0 Å². The molecule has 0 aromatic heterocycles. The fourth-order valence-corrected chi connectivity index (χ4v) is 2.35. The van der Waals surface area contributed by atoms with Crippen LogP contribution in [0.1, 0.15) is 31.7 Å². The van der Waals surface area contributed by atoms with E-state index in [1.54, 1.807) is 24.3 Å². The summed E-state index contributed by atoms with van der Waals surface area (Å²) in [4.78, 5) is 0. The number of benzene rings is 2. The van der Waals surface area contributed by atoms with Gasteiger partial charge >= 0.3 is 6.18 Å². The highest BCUT2D eigenvalue weighted by Gasteiger charge is 2.30. The molecule has 1 unspecified atom stereocenters. The van der Waals surface area contributed by atoms with Gasteiger partial charge in [-0.2, -0.15) is 13.2 Å². The lowest BCUT2D eigenvalue weighted by Gasteiger charge is -2.18. The van der Waals surface area contributed by atoms with Crippen molar-refractivity contribution in [2.45, 2.75) is 38.5 Å². The van der Waals surface area contributed by atoms with E-state index in [0.29, 0.717) is 23.7 Å². The second-order valence-electron chi connectivity index (χ2n) is 5.64. The number of halogens is 3. The van der Waals surface area contributed by atoms with Gasteiger partial charge in [0.15, 0.2) is 0 Å². The smallest absolute Gasteiger partial charge is 0.416 e. The highest BCUT2D eigenvalue weighted by atomic mass is 19.4. The summed E-state index contributed by atoms with van der Waals surface area (Å²) in [5, 5.41) is 9.05. The standard InChI is InChI=1S/C19H21F3O3/c1-2-3-15(12-13-23)24-17-8-10-18(11-9-17)25-16-6-4-14(5-7-16)19(20,21)22/h4-11,15,23H,2-3,12-13H2,1H3. The van der Waals surface area contributed by atoms with Gasteiger partial charge in [0.2, 0.25) is 0 Å². The number of alkyl halides is 3. The van der Waals surface area contributed by atoms with Gasteiger partial charge in [0, 0.05) is 13.0 Å². The normalized spacial score (nSPS) is 12.7. The molecule has 6 heteroatoms. The molecule has 0 spiro atoms. The molecule has 0 amide bonds. The van der Waals surface area contributed by atoms with Crippen molar-refractivity contribution in [3.63, 3.8) is 0 Å². The third-order valence-corrected chi connectivity index (χ3v) is 3.61. The fraction of sp³-hybridized carbons (Fsp3) is 0.368. The Morgan fingerprint density at radius 2 is 1.40 bits per heavy atom. The SMILES string of the molecule is CCCC(CCO)Oc1ccc(Oc2ccc(C(F)(F)F)cc2)cc1. The van der Waals surface area contributed by atoms with Gasteiger partial charge in [0.25, 0.3) is 0 Å². The molecule has 0 bridgehead atoms. The Morgan fingerprint density at radius 1 is 0.880 bits per heavy atom. The lowest BCUT2D eigenvalue weighted by atomic mass is 10.1. The van der Waals surface area contributed by atoms with E-state index in [-0.39, 0.29) is 12.7 Å². The Labute approximate surface area is 145 Å². The predicted molar refractivity (Wildman–Crippen MR) is 89.0 cm³/mol. The minimum atomic E-state index is -4.36. The fourth-order valence-electron chi connectivity index (χ4n) is 2.35. The largest absolute Gasteiger partial charge is 0.490 e. The molecule has 25 heavy (non-hydrogen) atoms. The average molecular weight is 354 g/mol.